The molecule has 0 atom stereocenters. The molecule has 6 heteroatoms. The van der Waals surface area contributed by atoms with Crippen LogP contribution in [0.25, 0.3) is 0 Å². The molecule has 0 unspecified atom stereocenters. The van der Waals surface area contributed by atoms with Crippen LogP contribution in [0, 0.1) is 0 Å². The predicted molar refractivity (Wildman–Crippen MR) is 84.9 cm³/mol. The minimum Gasteiger partial charge on any atom is -0.486 e. The second kappa shape index (κ2) is 9.02. The molecule has 0 saturated carbocycles. The second-order valence-electron chi connectivity index (χ2n) is 5.56. The fourth-order valence-corrected chi connectivity index (χ4v) is 2.43. The zero-order chi connectivity index (χ0) is 16.5. The van der Waals surface area contributed by atoms with Crippen molar-refractivity contribution in [2.45, 2.75) is 38.5 Å². The van der Waals surface area contributed by atoms with E-state index in [1.807, 2.05) is 18.2 Å². The number of hydrogen-bond donors (Lipinski definition) is 2. The van der Waals surface area contributed by atoms with Gasteiger partial charge in [-0.25, -0.2) is 0 Å². The molecular weight excluding hydrogens is 298 g/mol. The number of amides is 1. The van der Waals surface area contributed by atoms with Crippen molar-refractivity contribution < 1.29 is 24.2 Å². The van der Waals surface area contributed by atoms with Gasteiger partial charge in [0.1, 0.15) is 13.2 Å². The molecule has 2 N–H and O–H groups in total. The summed E-state index contributed by atoms with van der Waals surface area (Å²) < 4.78 is 10.9. The van der Waals surface area contributed by atoms with Gasteiger partial charge in [0.05, 0.1) is 6.42 Å². The van der Waals surface area contributed by atoms with E-state index in [1.165, 1.54) is 0 Å². The molecule has 1 heterocycles. The normalized spacial score (nSPS) is 12.7. The van der Waals surface area contributed by atoms with E-state index in [4.69, 9.17) is 14.6 Å². The fraction of sp³-hybridized carbons (Fsp3) is 0.529. The number of hydrogen-bond acceptors (Lipinski definition) is 4. The van der Waals surface area contributed by atoms with Crippen LogP contribution in [0.3, 0.4) is 0 Å². The van der Waals surface area contributed by atoms with Crippen LogP contribution in [0.2, 0.25) is 0 Å². The summed E-state index contributed by atoms with van der Waals surface area (Å²) in [7, 11) is 0. The molecule has 0 spiro atoms. The maximum absolute atomic E-state index is 11.9. The van der Waals surface area contributed by atoms with Gasteiger partial charge in [-0.1, -0.05) is 18.9 Å². The Morgan fingerprint density at radius 2 is 1.78 bits per heavy atom. The van der Waals surface area contributed by atoms with Gasteiger partial charge in [-0.15, -0.1) is 0 Å². The average Bonchev–Trinajstić information content (AvgIpc) is 2.53. The average molecular weight is 321 g/mol. The van der Waals surface area contributed by atoms with Gasteiger partial charge in [-0.05, 0) is 30.5 Å². The minimum absolute atomic E-state index is 0.0211. The predicted octanol–water partition coefficient (Wildman–Crippen LogP) is 2.15. The number of rotatable bonds is 9. The molecule has 23 heavy (non-hydrogen) atoms. The molecule has 1 amide bonds. The summed E-state index contributed by atoms with van der Waals surface area (Å²) in [6.07, 6.45) is 3.90. The van der Waals surface area contributed by atoms with E-state index in [9.17, 15) is 9.59 Å². The first-order valence-electron chi connectivity index (χ1n) is 8.02. The third kappa shape index (κ3) is 6.18. The van der Waals surface area contributed by atoms with E-state index >= 15 is 0 Å². The van der Waals surface area contributed by atoms with Crippen LogP contribution in [-0.4, -0.2) is 36.7 Å². The smallest absolute Gasteiger partial charge is 0.303 e. The Morgan fingerprint density at radius 3 is 2.57 bits per heavy atom. The Balaban J connectivity index is 1.62. The van der Waals surface area contributed by atoms with Crippen LogP contribution in [0.5, 0.6) is 11.5 Å². The lowest BCUT2D eigenvalue weighted by Gasteiger charge is -2.18. The summed E-state index contributed by atoms with van der Waals surface area (Å²) in [5.41, 5.74) is 0.896. The van der Waals surface area contributed by atoms with E-state index in [0.29, 0.717) is 38.3 Å². The van der Waals surface area contributed by atoms with E-state index in [0.717, 1.165) is 30.6 Å². The molecule has 1 aromatic carbocycles. The molecule has 0 radical (unpaired) electrons. The molecule has 1 aromatic rings. The van der Waals surface area contributed by atoms with Gasteiger partial charge in [-0.2, -0.15) is 0 Å². The molecule has 126 valence electrons. The summed E-state index contributed by atoms with van der Waals surface area (Å²) in [5.74, 6) is 0.645. The molecule has 0 aromatic heterocycles. The Bertz CT molecular complexity index is 544. The Kier molecular flexibility index (Phi) is 6.72. The number of benzene rings is 1. The maximum atomic E-state index is 11.9. The number of carbonyl (C=O) groups is 2. The van der Waals surface area contributed by atoms with Crippen LogP contribution in [0.15, 0.2) is 18.2 Å². The highest BCUT2D eigenvalue weighted by atomic mass is 16.6. The van der Waals surface area contributed by atoms with Crippen molar-refractivity contribution in [3.8, 4) is 11.5 Å². The summed E-state index contributed by atoms with van der Waals surface area (Å²) >= 11 is 0. The van der Waals surface area contributed by atoms with Crippen molar-refractivity contribution in [2.24, 2.45) is 0 Å². The van der Waals surface area contributed by atoms with Gasteiger partial charge in [0.2, 0.25) is 5.91 Å². The van der Waals surface area contributed by atoms with Crippen LogP contribution < -0.4 is 14.8 Å². The second-order valence-corrected chi connectivity index (χ2v) is 5.56. The first-order valence-corrected chi connectivity index (χ1v) is 8.02. The summed E-state index contributed by atoms with van der Waals surface area (Å²) in [5, 5.41) is 11.4. The first-order chi connectivity index (χ1) is 11.1. The maximum Gasteiger partial charge on any atom is 0.303 e. The van der Waals surface area contributed by atoms with Crippen molar-refractivity contribution in [1.82, 2.24) is 5.32 Å². The third-order valence-corrected chi connectivity index (χ3v) is 3.61. The lowest BCUT2D eigenvalue weighted by atomic mass is 10.1. The van der Waals surface area contributed by atoms with Crippen molar-refractivity contribution >= 4 is 11.9 Å². The Hall–Kier alpha value is -2.24. The highest BCUT2D eigenvalue weighted by Crippen LogP contribution is 2.30. The largest absolute Gasteiger partial charge is 0.486 e. The molecule has 1 aliphatic rings. The zero-order valence-electron chi connectivity index (χ0n) is 13.2. The molecular formula is C17H23NO5. The molecule has 2 rings (SSSR count). The molecule has 6 nitrogen and oxygen atoms in total. The summed E-state index contributed by atoms with van der Waals surface area (Å²) in [4.78, 5) is 22.3. The van der Waals surface area contributed by atoms with E-state index in [1.54, 1.807) is 0 Å². The van der Waals surface area contributed by atoms with E-state index < -0.39 is 5.97 Å². The van der Waals surface area contributed by atoms with Crippen molar-refractivity contribution in [3.05, 3.63) is 23.8 Å². The number of unbranched alkanes of at least 4 members (excludes halogenated alkanes) is 3. The highest BCUT2D eigenvalue weighted by molar-refractivity contribution is 5.78. The van der Waals surface area contributed by atoms with Crippen LogP contribution in [-0.2, 0) is 16.0 Å². The standard InChI is InChI=1S/C17H23NO5/c19-16(18-8-4-2-1-3-5-17(20)21)12-13-6-7-14-15(11-13)23-10-9-22-14/h6-7,11H,1-5,8-10,12H2,(H,18,19)(H,20,21). The van der Waals surface area contributed by atoms with Gasteiger partial charge in [0, 0.05) is 13.0 Å². The monoisotopic (exact) mass is 321 g/mol. The molecule has 1 aliphatic heterocycles. The molecule has 0 bridgehead atoms. The van der Waals surface area contributed by atoms with Crippen molar-refractivity contribution in [3.63, 3.8) is 0 Å². The lowest BCUT2D eigenvalue weighted by molar-refractivity contribution is -0.137. The van der Waals surface area contributed by atoms with Gasteiger partial charge in [0.15, 0.2) is 11.5 Å². The van der Waals surface area contributed by atoms with Crippen LogP contribution in [0.1, 0.15) is 37.7 Å². The van der Waals surface area contributed by atoms with E-state index in [2.05, 4.69) is 5.32 Å². The van der Waals surface area contributed by atoms with Gasteiger partial charge in [-0.3, -0.25) is 9.59 Å². The Morgan fingerprint density at radius 1 is 1.04 bits per heavy atom. The molecule has 0 fully saturated rings. The zero-order valence-corrected chi connectivity index (χ0v) is 13.2. The Labute approximate surface area is 135 Å². The summed E-state index contributed by atoms with van der Waals surface area (Å²) in [6, 6.07) is 5.55. The number of ether oxygens (including phenoxy) is 2. The van der Waals surface area contributed by atoms with E-state index in [-0.39, 0.29) is 12.3 Å². The van der Waals surface area contributed by atoms with Crippen LogP contribution in [0.4, 0.5) is 0 Å². The number of carbonyl (C=O) groups excluding carboxylic acids is 1. The topological polar surface area (TPSA) is 84.9 Å². The van der Waals surface area contributed by atoms with Crippen molar-refractivity contribution in [1.29, 1.82) is 0 Å². The molecule has 0 saturated heterocycles. The number of aliphatic carboxylic acids is 1. The minimum atomic E-state index is -0.752. The third-order valence-electron chi connectivity index (χ3n) is 3.61. The number of fused-ring (bicyclic) bond motifs is 1. The number of carboxylic acid groups (broad SMARTS) is 1. The number of nitrogens with one attached hydrogen (secondary N) is 1. The van der Waals surface area contributed by atoms with Gasteiger partial charge < -0.3 is 19.9 Å². The first kappa shape index (κ1) is 17.1. The van der Waals surface area contributed by atoms with Gasteiger partial charge >= 0.3 is 5.97 Å². The summed E-state index contributed by atoms with van der Waals surface area (Å²) in [6.45, 7) is 1.71. The van der Waals surface area contributed by atoms with Crippen LogP contribution >= 0.6 is 0 Å². The fourth-order valence-electron chi connectivity index (χ4n) is 2.43. The quantitative estimate of drug-likeness (QED) is 0.681. The van der Waals surface area contributed by atoms with Gasteiger partial charge in [0.25, 0.3) is 0 Å². The highest BCUT2D eigenvalue weighted by Gasteiger charge is 2.12. The number of carboxylic acids is 1. The molecule has 0 aliphatic carbocycles. The SMILES string of the molecule is O=C(O)CCCCCCNC(=O)Cc1ccc2c(c1)OCCO2. The van der Waals surface area contributed by atoms with Crippen molar-refractivity contribution in [2.75, 3.05) is 19.8 Å². The lowest BCUT2D eigenvalue weighted by Crippen LogP contribution is -2.26.